The summed E-state index contributed by atoms with van der Waals surface area (Å²) in [5.41, 5.74) is 1.98. The van der Waals surface area contributed by atoms with Crippen molar-refractivity contribution < 1.29 is 19.4 Å². The lowest BCUT2D eigenvalue weighted by Crippen LogP contribution is -2.30. The van der Waals surface area contributed by atoms with Crippen LogP contribution in [-0.4, -0.2) is 33.6 Å². The number of benzene rings is 2. The maximum absolute atomic E-state index is 13.4. The first-order valence-electron chi connectivity index (χ1n) is 10.2. The average molecular weight is 498 g/mol. The van der Waals surface area contributed by atoms with Crippen molar-refractivity contribution in [1.82, 2.24) is 9.55 Å². The molecule has 2 aromatic carbocycles. The highest BCUT2D eigenvalue weighted by Crippen LogP contribution is 2.31. The number of carboxylic acid groups (broad SMARTS) is 1. The van der Waals surface area contributed by atoms with Crippen molar-refractivity contribution in [2.24, 2.45) is 0 Å². The summed E-state index contributed by atoms with van der Waals surface area (Å²) in [5, 5.41) is 14.1. The van der Waals surface area contributed by atoms with E-state index in [0.29, 0.717) is 26.9 Å². The van der Waals surface area contributed by atoms with Gasteiger partial charge in [0.05, 0.1) is 23.7 Å². The highest BCUT2D eigenvalue weighted by Gasteiger charge is 2.22. The second-order valence-corrected chi connectivity index (χ2v) is 8.95. The van der Waals surface area contributed by atoms with Gasteiger partial charge in [0.2, 0.25) is 5.91 Å². The number of carbonyl (C=O) groups excluding carboxylic acids is 1. The second kappa shape index (κ2) is 9.28. The fraction of sp³-hybridized carbons (Fsp3) is 0.167. The molecule has 0 aliphatic carbocycles. The van der Waals surface area contributed by atoms with Crippen LogP contribution in [0, 0.1) is 13.8 Å². The lowest BCUT2D eigenvalue weighted by Gasteiger charge is -2.15. The van der Waals surface area contributed by atoms with Crippen LogP contribution in [0.15, 0.2) is 46.6 Å². The van der Waals surface area contributed by atoms with E-state index in [4.69, 9.17) is 16.3 Å². The molecule has 2 heterocycles. The predicted octanol–water partition coefficient (Wildman–Crippen LogP) is 4.74. The van der Waals surface area contributed by atoms with Gasteiger partial charge in [-0.2, -0.15) is 0 Å². The number of ether oxygens (including phenoxy) is 1. The van der Waals surface area contributed by atoms with E-state index in [1.807, 2.05) is 25.1 Å². The molecule has 0 fully saturated rings. The van der Waals surface area contributed by atoms with Crippen LogP contribution in [0.3, 0.4) is 0 Å². The van der Waals surface area contributed by atoms with Crippen molar-refractivity contribution in [2.45, 2.75) is 20.4 Å². The van der Waals surface area contributed by atoms with E-state index < -0.39 is 17.4 Å². The number of rotatable bonds is 6. The molecule has 0 saturated carbocycles. The number of aryl methyl sites for hydroxylation is 2. The zero-order chi connectivity index (χ0) is 24.6. The molecule has 0 spiro atoms. The maximum atomic E-state index is 13.4. The molecule has 2 N–H and O–H groups in total. The number of fused-ring (bicyclic) bond motifs is 1. The number of halogens is 1. The lowest BCUT2D eigenvalue weighted by molar-refractivity contribution is -0.116. The van der Waals surface area contributed by atoms with Crippen LogP contribution in [-0.2, 0) is 11.3 Å². The zero-order valence-electron chi connectivity index (χ0n) is 18.5. The molecule has 34 heavy (non-hydrogen) atoms. The Morgan fingerprint density at radius 1 is 1.24 bits per heavy atom. The number of methoxy groups -OCH3 is 1. The summed E-state index contributed by atoms with van der Waals surface area (Å²) < 4.78 is 6.50. The Hall–Kier alpha value is -3.69. The van der Waals surface area contributed by atoms with Crippen LogP contribution in [0.25, 0.3) is 21.6 Å². The Balaban J connectivity index is 1.83. The van der Waals surface area contributed by atoms with Gasteiger partial charge in [0.1, 0.15) is 22.9 Å². The van der Waals surface area contributed by atoms with E-state index >= 15 is 0 Å². The third-order valence-corrected chi connectivity index (χ3v) is 6.54. The number of hydrogen-bond donors (Lipinski definition) is 2. The first-order valence-corrected chi connectivity index (χ1v) is 11.4. The van der Waals surface area contributed by atoms with Crippen LogP contribution in [0.4, 0.5) is 5.69 Å². The molecule has 1 amide bonds. The van der Waals surface area contributed by atoms with Gasteiger partial charge in [0.15, 0.2) is 0 Å². The first-order chi connectivity index (χ1) is 16.2. The van der Waals surface area contributed by atoms with Gasteiger partial charge in [0, 0.05) is 22.0 Å². The molecule has 4 aromatic rings. The molecule has 8 nitrogen and oxygen atoms in total. The quantitative estimate of drug-likeness (QED) is 0.398. The van der Waals surface area contributed by atoms with Gasteiger partial charge in [-0.3, -0.25) is 14.2 Å². The zero-order valence-corrected chi connectivity index (χ0v) is 20.1. The number of anilines is 1. The monoisotopic (exact) mass is 497 g/mol. The highest BCUT2D eigenvalue weighted by molar-refractivity contribution is 7.17. The minimum Gasteiger partial charge on any atom is -0.495 e. The molecule has 2 aromatic heterocycles. The van der Waals surface area contributed by atoms with Gasteiger partial charge >= 0.3 is 5.97 Å². The number of carboxylic acids is 1. The molecular weight excluding hydrogens is 478 g/mol. The lowest BCUT2D eigenvalue weighted by atomic mass is 10.1. The molecule has 0 atom stereocenters. The topological polar surface area (TPSA) is 111 Å². The number of nitrogens with zero attached hydrogens (tertiary/aromatic N) is 2. The summed E-state index contributed by atoms with van der Waals surface area (Å²) in [6.45, 7) is 3.31. The number of thiophene rings is 1. The Labute approximate surface area is 203 Å². The molecule has 0 saturated heterocycles. The summed E-state index contributed by atoms with van der Waals surface area (Å²) in [6.07, 6.45) is 0. The van der Waals surface area contributed by atoms with Crippen LogP contribution in [0.5, 0.6) is 5.75 Å². The molecule has 0 unspecified atom stereocenters. The molecule has 0 bridgehead atoms. The second-order valence-electron chi connectivity index (χ2n) is 7.68. The van der Waals surface area contributed by atoms with Gasteiger partial charge in [-0.1, -0.05) is 35.4 Å². The number of amides is 1. The fourth-order valence-electron chi connectivity index (χ4n) is 3.60. The maximum Gasteiger partial charge on any atom is 0.337 e. The number of hydrogen-bond acceptors (Lipinski definition) is 6. The summed E-state index contributed by atoms with van der Waals surface area (Å²) in [5.74, 6) is -1.10. The van der Waals surface area contributed by atoms with E-state index in [1.165, 1.54) is 17.1 Å². The van der Waals surface area contributed by atoms with Crippen LogP contribution >= 0.6 is 22.9 Å². The van der Waals surface area contributed by atoms with Crippen molar-refractivity contribution in [3.8, 4) is 17.1 Å². The number of nitrogens with one attached hydrogen (secondary N) is 1. The fourth-order valence-corrected chi connectivity index (χ4v) is 4.65. The van der Waals surface area contributed by atoms with E-state index in [9.17, 15) is 19.5 Å². The van der Waals surface area contributed by atoms with E-state index in [2.05, 4.69) is 10.3 Å². The van der Waals surface area contributed by atoms with Gasteiger partial charge in [-0.25, -0.2) is 9.78 Å². The van der Waals surface area contributed by atoms with Gasteiger partial charge in [-0.05, 0) is 31.5 Å². The predicted molar refractivity (Wildman–Crippen MR) is 132 cm³/mol. The Morgan fingerprint density at radius 2 is 2.00 bits per heavy atom. The van der Waals surface area contributed by atoms with Gasteiger partial charge < -0.3 is 15.2 Å². The summed E-state index contributed by atoms with van der Waals surface area (Å²) in [6, 6.07) is 10.6. The van der Waals surface area contributed by atoms with Crippen molar-refractivity contribution in [3.05, 3.63) is 73.8 Å². The average Bonchev–Trinajstić information content (AvgIpc) is 3.22. The summed E-state index contributed by atoms with van der Waals surface area (Å²) >= 11 is 7.22. The van der Waals surface area contributed by atoms with E-state index in [-0.39, 0.29) is 23.3 Å². The van der Waals surface area contributed by atoms with Gasteiger partial charge in [-0.15, -0.1) is 11.3 Å². The largest absolute Gasteiger partial charge is 0.495 e. The first kappa shape index (κ1) is 23.5. The number of aromatic carboxylic acids is 1. The van der Waals surface area contributed by atoms with Crippen molar-refractivity contribution >= 4 is 50.7 Å². The highest BCUT2D eigenvalue weighted by atomic mass is 35.5. The van der Waals surface area contributed by atoms with E-state index in [0.717, 1.165) is 22.5 Å². The third kappa shape index (κ3) is 4.40. The van der Waals surface area contributed by atoms with Crippen LogP contribution in [0.1, 0.15) is 21.5 Å². The minimum atomic E-state index is -1.23. The smallest absolute Gasteiger partial charge is 0.337 e. The Morgan fingerprint density at radius 3 is 2.68 bits per heavy atom. The van der Waals surface area contributed by atoms with Crippen molar-refractivity contribution in [1.29, 1.82) is 0 Å². The third-order valence-electron chi connectivity index (χ3n) is 5.26. The van der Waals surface area contributed by atoms with Gasteiger partial charge in [0.25, 0.3) is 5.56 Å². The SMILES string of the molecule is COc1cc(Cl)c(C)cc1NC(=O)Cn1c(-c2cccc(C)c2)nc2scc(C(=O)O)c2c1=O. The number of carbonyl (C=O) groups is 2. The van der Waals surface area contributed by atoms with Crippen molar-refractivity contribution in [2.75, 3.05) is 12.4 Å². The molecule has 174 valence electrons. The summed E-state index contributed by atoms with van der Waals surface area (Å²) in [4.78, 5) is 43.0. The summed E-state index contributed by atoms with van der Waals surface area (Å²) in [7, 11) is 1.46. The standard InChI is InChI=1S/C24H20ClN3O5S/c1-12-5-4-6-14(7-12)21-27-22-20(15(11-34-22)24(31)32)23(30)28(21)10-19(29)26-17-8-13(2)16(25)9-18(17)33-3/h4-9,11H,10H2,1-3H3,(H,26,29)(H,31,32). The normalized spacial score (nSPS) is 10.9. The van der Waals surface area contributed by atoms with E-state index in [1.54, 1.807) is 25.1 Å². The Kier molecular flexibility index (Phi) is 6.41. The Bertz CT molecular complexity index is 1510. The number of aromatic nitrogens is 2. The van der Waals surface area contributed by atoms with Crippen LogP contribution in [0.2, 0.25) is 5.02 Å². The molecule has 0 aliphatic rings. The molecule has 0 radical (unpaired) electrons. The molecule has 4 rings (SSSR count). The van der Waals surface area contributed by atoms with Crippen LogP contribution < -0.4 is 15.6 Å². The minimum absolute atomic E-state index is 0.0263. The van der Waals surface area contributed by atoms with Crippen molar-refractivity contribution in [3.63, 3.8) is 0 Å². The molecule has 0 aliphatic heterocycles. The molecule has 10 heteroatoms. The molecular formula is C24H20ClN3O5S.